The first kappa shape index (κ1) is 23.9. The first-order chi connectivity index (χ1) is 14.9. The number of nitrogens with one attached hydrogen (secondary N) is 1. The van der Waals surface area contributed by atoms with Gasteiger partial charge >= 0.3 is 5.97 Å². The molecule has 0 aromatic heterocycles. The number of carboxylic acids is 1. The van der Waals surface area contributed by atoms with Crippen LogP contribution in [0.5, 0.6) is 5.75 Å². The summed E-state index contributed by atoms with van der Waals surface area (Å²) in [6.07, 6.45) is 0.195. The molecule has 2 aromatic rings. The zero-order valence-electron chi connectivity index (χ0n) is 18.4. The molecule has 1 amide bonds. The van der Waals surface area contributed by atoms with Gasteiger partial charge < -0.3 is 15.2 Å². The summed E-state index contributed by atoms with van der Waals surface area (Å²) in [7, 11) is 0. The van der Waals surface area contributed by atoms with Crippen LogP contribution in [-0.2, 0) is 4.79 Å². The molecular formula is C24H28F3NO4. The van der Waals surface area contributed by atoms with Crippen LogP contribution < -0.4 is 10.1 Å². The highest BCUT2D eigenvalue weighted by Gasteiger charge is 2.36. The van der Waals surface area contributed by atoms with Crippen LogP contribution in [0.4, 0.5) is 13.2 Å². The first-order valence-electron chi connectivity index (χ1n) is 10.6. The molecule has 3 rings (SSSR count). The second-order valence-corrected chi connectivity index (χ2v) is 9.53. The summed E-state index contributed by atoms with van der Waals surface area (Å²) >= 11 is 0. The first-order valence-corrected chi connectivity index (χ1v) is 10.6. The molecule has 0 heterocycles. The van der Waals surface area contributed by atoms with Crippen LogP contribution in [0.1, 0.15) is 56.8 Å². The molecule has 2 N–H and O–H groups in total. The molecule has 1 aliphatic rings. The standard InChI is InChI=1S/C24H28F3NO4/c1-23(2,3)20(22(30)31)28-21(29)18-6-4-15-12-16(25)5-7-17(15)19(18)32-13-14-8-10-24(26,27)11-9-14/h4-7,12,14,20H,8-11,13H2,1-3H3,(H,28,29)(H,30,31). The highest BCUT2D eigenvalue weighted by Crippen LogP contribution is 2.37. The van der Waals surface area contributed by atoms with Gasteiger partial charge in [-0.1, -0.05) is 26.8 Å². The lowest BCUT2D eigenvalue weighted by Crippen LogP contribution is -2.49. The number of hydrogen-bond acceptors (Lipinski definition) is 3. The predicted molar refractivity (Wildman–Crippen MR) is 115 cm³/mol. The minimum absolute atomic E-state index is 0.0948. The van der Waals surface area contributed by atoms with Crippen LogP contribution in [0.15, 0.2) is 30.3 Å². The largest absolute Gasteiger partial charge is 0.492 e. The molecule has 1 saturated carbocycles. The number of fused-ring (bicyclic) bond motifs is 1. The maximum Gasteiger partial charge on any atom is 0.326 e. The Kier molecular flexibility index (Phi) is 6.72. The van der Waals surface area contributed by atoms with E-state index in [-0.39, 0.29) is 36.7 Å². The van der Waals surface area contributed by atoms with E-state index < -0.39 is 35.1 Å². The molecule has 1 atom stereocenters. The molecule has 174 valence electrons. The Morgan fingerprint density at radius 2 is 1.84 bits per heavy atom. The zero-order valence-corrected chi connectivity index (χ0v) is 18.4. The Balaban J connectivity index is 1.91. The van der Waals surface area contributed by atoms with Crippen molar-refractivity contribution < 1.29 is 32.6 Å². The maximum atomic E-state index is 13.7. The second kappa shape index (κ2) is 9.00. The van der Waals surface area contributed by atoms with Gasteiger partial charge in [-0.3, -0.25) is 4.79 Å². The van der Waals surface area contributed by atoms with Gasteiger partial charge in [-0.05, 0) is 53.8 Å². The highest BCUT2D eigenvalue weighted by molar-refractivity contribution is 6.05. The molecule has 0 aliphatic heterocycles. The van der Waals surface area contributed by atoms with Gasteiger partial charge in [0.1, 0.15) is 17.6 Å². The summed E-state index contributed by atoms with van der Waals surface area (Å²) in [4.78, 5) is 24.7. The fraction of sp³-hybridized carbons (Fsp3) is 0.500. The third-order valence-electron chi connectivity index (χ3n) is 5.87. The molecular weight excluding hydrogens is 423 g/mol. The van der Waals surface area contributed by atoms with Crippen molar-refractivity contribution in [2.45, 2.75) is 58.4 Å². The number of carbonyl (C=O) groups excluding carboxylic acids is 1. The van der Waals surface area contributed by atoms with E-state index in [2.05, 4.69) is 5.32 Å². The summed E-state index contributed by atoms with van der Waals surface area (Å²) in [5.41, 5.74) is -0.628. The summed E-state index contributed by atoms with van der Waals surface area (Å²) in [5.74, 6) is -4.81. The smallest absolute Gasteiger partial charge is 0.326 e. The summed E-state index contributed by atoms with van der Waals surface area (Å²) < 4.78 is 46.6. The van der Waals surface area contributed by atoms with Gasteiger partial charge in [-0.25, -0.2) is 18.0 Å². The average molecular weight is 451 g/mol. The van der Waals surface area contributed by atoms with Gasteiger partial charge in [0.15, 0.2) is 0 Å². The van der Waals surface area contributed by atoms with Crippen LogP contribution in [-0.4, -0.2) is 35.6 Å². The van der Waals surface area contributed by atoms with E-state index >= 15 is 0 Å². The molecule has 1 unspecified atom stereocenters. The molecule has 0 spiro atoms. The lowest BCUT2D eigenvalue weighted by Gasteiger charge is -2.29. The normalized spacial score (nSPS) is 17.7. The summed E-state index contributed by atoms with van der Waals surface area (Å²) in [5, 5.41) is 13.1. The molecule has 2 aromatic carbocycles. The average Bonchev–Trinajstić information content (AvgIpc) is 2.69. The van der Waals surface area contributed by atoms with E-state index in [0.717, 1.165) is 0 Å². The van der Waals surface area contributed by atoms with Gasteiger partial charge in [0.2, 0.25) is 5.92 Å². The lowest BCUT2D eigenvalue weighted by molar-refractivity contribution is -0.142. The van der Waals surface area contributed by atoms with Crippen LogP contribution >= 0.6 is 0 Å². The van der Waals surface area contributed by atoms with E-state index in [1.54, 1.807) is 26.8 Å². The van der Waals surface area contributed by atoms with Crippen molar-refractivity contribution >= 4 is 22.6 Å². The molecule has 1 fully saturated rings. The fourth-order valence-corrected chi connectivity index (χ4v) is 3.93. The van der Waals surface area contributed by atoms with Gasteiger partial charge in [0.25, 0.3) is 5.91 Å². The topological polar surface area (TPSA) is 75.6 Å². The predicted octanol–water partition coefficient (Wildman–Crippen LogP) is 5.41. The monoisotopic (exact) mass is 451 g/mol. The Hall–Kier alpha value is -2.77. The van der Waals surface area contributed by atoms with Crippen molar-refractivity contribution in [1.82, 2.24) is 5.32 Å². The quantitative estimate of drug-likeness (QED) is 0.616. The third kappa shape index (κ3) is 5.53. The Morgan fingerprint density at radius 3 is 2.44 bits per heavy atom. The lowest BCUT2D eigenvalue weighted by atomic mass is 9.86. The number of benzene rings is 2. The number of amides is 1. The number of carbonyl (C=O) groups is 2. The van der Waals surface area contributed by atoms with Crippen molar-refractivity contribution in [3.05, 3.63) is 41.7 Å². The molecule has 1 aliphatic carbocycles. The van der Waals surface area contributed by atoms with Gasteiger partial charge in [-0.2, -0.15) is 0 Å². The van der Waals surface area contributed by atoms with Crippen molar-refractivity contribution in [3.63, 3.8) is 0 Å². The van der Waals surface area contributed by atoms with Crippen molar-refractivity contribution in [1.29, 1.82) is 0 Å². The number of alkyl halides is 2. The van der Waals surface area contributed by atoms with Crippen LogP contribution in [0.2, 0.25) is 0 Å². The van der Waals surface area contributed by atoms with E-state index in [1.807, 2.05) is 0 Å². The van der Waals surface area contributed by atoms with Gasteiger partial charge in [-0.15, -0.1) is 0 Å². The number of ether oxygens (including phenoxy) is 1. The van der Waals surface area contributed by atoms with Crippen LogP contribution in [0.25, 0.3) is 10.8 Å². The maximum absolute atomic E-state index is 13.7. The van der Waals surface area contributed by atoms with E-state index in [0.29, 0.717) is 23.6 Å². The van der Waals surface area contributed by atoms with Gasteiger partial charge in [0, 0.05) is 18.2 Å². The highest BCUT2D eigenvalue weighted by atomic mass is 19.3. The third-order valence-corrected chi connectivity index (χ3v) is 5.87. The molecule has 0 radical (unpaired) electrons. The molecule has 32 heavy (non-hydrogen) atoms. The second-order valence-electron chi connectivity index (χ2n) is 9.53. The summed E-state index contributed by atoms with van der Waals surface area (Å²) in [6.45, 7) is 5.23. The minimum atomic E-state index is -2.66. The van der Waals surface area contributed by atoms with Crippen molar-refractivity contribution in [2.75, 3.05) is 6.61 Å². The fourth-order valence-electron chi connectivity index (χ4n) is 3.93. The molecule has 8 heteroatoms. The SMILES string of the molecule is CC(C)(C)C(NC(=O)c1ccc2cc(F)ccc2c1OCC1CCC(F)(F)CC1)C(=O)O. The molecule has 0 saturated heterocycles. The molecule has 5 nitrogen and oxygen atoms in total. The number of rotatable bonds is 6. The summed E-state index contributed by atoms with van der Waals surface area (Å²) in [6, 6.07) is 5.92. The number of carboxylic acid groups (broad SMARTS) is 1. The minimum Gasteiger partial charge on any atom is -0.492 e. The van der Waals surface area contributed by atoms with Crippen LogP contribution in [0, 0.1) is 17.2 Å². The Morgan fingerprint density at radius 1 is 1.19 bits per heavy atom. The number of halogens is 3. The van der Waals surface area contributed by atoms with E-state index in [1.165, 1.54) is 24.3 Å². The van der Waals surface area contributed by atoms with Gasteiger partial charge in [0.05, 0.1) is 12.2 Å². The van der Waals surface area contributed by atoms with E-state index in [9.17, 15) is 27.9 Å². The van der Waals surface area contributed by atoms with E-state index in [4.69, 9.17) is 4.74 Å². The molecule has 0 bridgehead atoms. The van der Waals surface area contributed by atoms with Crippen molar-refractivity contribution in [2.24, 2.45) is 11.3 Å². The Bertz CT molecular complexity index is 1010. The number of hydrogen-bond donors (Lipinski definition) is 2. The zero-order chi connectivity index (χ0) is 23.7. The van der Waals surface area contributed by atoms with Crippen LogP contribution in [0.3, 0.4) is 0 Å². The number of aliphatic carboxylic acids is 1. The van der Waals surface area contributed by atoms with Crippen molar-refractivity contribution in [3.8, 4) is 5.75 Å². The Labute approximate surface area is 184 Å².